The van der Waals surface area contributed by atoms with Gasteiger partial charge in [0.1, 0.15) is 12.4 Å². The molecular formula is C27H26N2O3S. The molecule has 4 rings (SSSR count). The zero-order valence-electron chi connectivity index (χ0n) is 19.0. The number of aryl methyl sites for hydroxylation is 1. The van der Waals surface area contributed by atoms with Gasteiger partial charge in [0.25, 0.3) is 0 Å². The van der Waals surface area contributed by atoms with E-state index in [2.05, 4.69) is 40.5 Å². The monoisotopic (exact) mass is 458 g/mol. The van der Waals surface area contributed by atoms with Crippen molar-refractivity contribution in [3.8, 4) is 28.8 Å². The van der Waals surface area contributed by atoms with Crippen molar-refractivity contribution in [3.05, 3.63) is 71.2 Å². The number of nitrogens with zero attached hydrogens (tertiary/aromatic N) is 2. The van der Waals surface area contributed by atoms with Crippen molar-refractivity contribution >= 4 is 27.4 Å². The van der Waals surface area contributed by atoms with E-state index in [-0.39, 0.29) is 18.3 Å². The summed E-state index contributed by atoms with van der Waals surface area (Å²) in [4.78, 5) is 11.9. The van der Waals surface area contributed by atoms with Crippen LogP contribution >= 0.6 is 11.3 Å². The zero-order valence-corrected chi connectivity index (χ0v) is 19.8. The highest BCUT2D eigenvalue weighted by atomic mass is 32.1. The second-order valence-electron chi connectivity index (χ2n) is 7.63. The molecule has 0 radical (unpaired) electrons. The molecule has 0 fully saturated rings. The van der Waals surface area contributed by atoms with Crippen LogP contribution in [-0.2, 0) is 23.2 Å². The number of carbonyl (C=O) groups is 1. The Morgan fingerprint density at radius 3 is 2.70 bits per heavy atom. The van der Waals surface area contributed by atoms with Crippen molar-refractivity contribution in [2.45, 2.75) is 32.8 Å². The maximum absolute atomic E-state index is 11.9. The number of thiophene rings is 1. The third-order valence-corrected chi connectivity index (χ3v) is 6.38. The molecule has 2 aromatic heterocycles. The lowest BCUT2D eigenvalue weighted by Gasteiger charge is -2.12. The predicted octanol–water partition coefficient (Wildman–Crippen LogP) is 5.94. The number of hydrogen-bond donors (Lipinski definition) is 0. The first kappa shape index (κ1) is 22.6. The van der Waals surface area contributed by atoms with E-state index in [1.54, 1.807) is 25.2 Å². The molecule has 0 saturated heterocycles. The number of aromatic nitrogens is 2. The number of carbonyl (C=O) groups excluding carboxylic acids is 1. The van der Waals surface area contributed by atoms with Crippen LogP contribution in [0.3, 0.4) is 0 Å². The Balaban J connectivity index is 1.46. The van der Waals surface area contributed by atoms with Crippen LogP contribution in [0.5, 0.6) is 5.75 Å². The SMILES string of the molecule is CC#C[C@@H](CC(=O)OCC)c1ccc(OCc2ccc3scc(-c4ccnn4C)c3c2)cc1. The van der Waals surface area contributed by atoms with E-state index in [4.69, 9.17) is 9.47 Å². The molecule has 0 spiro atoms. The number of ether oxygens (including phenoxy) is 2. The van der Waals surface area contributed by atoms with Crippen molar-refractivity contribution in [3.63, 3.8) is 0 Å². The molecule has 0 aliphatic heterocycles. The van der Waals surface area contributed by atoms with Crippen LogP contribution in [0.2, 0.25) is 0 Å². The van der Waals surface area contributed by atoms with E-state index < -0.39 is 0 Å². The summed E-state index contributed by atoms with van der Waals surface area (Å²) in [5.41, 5.74) is 4.36. The summed E-state index contributed by atoms with van der Waals surface area (Å²) in [6.45, 7) is 4.43. The molecule has 0 unspecified atom stereocenters. The lowest BCUT2D eigenvalue weighted by atomic mass is 9.96. The summed E-state index contributed by atoms with van der Waals surface area (Å²) in [6, 6.07) is 16.2. The second kappa shape index (κ2) is 10.4. The van der Waals surface area contributed by atoms with Crippen LogP contribution in [-0.4, -0.2) is 22.4 Å². The highest BCUT2D eigenvalue weighted by Gasteiger charge is 2.15. The number of hydrogen-bond acceptors (Lipinski definition) is 5. The summed E-state index contributed by atoms with van der Waals surface area (Å²) in [7, 11) is 1.96. The first-order chi connectivity index (χ1) is 16.1. The van der Waals surface area contributed by atoms with Gasteiger partial charge >= 0.3 is 5.97 Å². The van der Waals surface area contributed by atoms with Crippen molar-refractivity contribution in [1.82, 2.24) is 9.78 Å². The van der Waals surface area contributed by atoms with Crippen molar-refractivity contribution < 1.29 is 14.3 Å². The maximum Gasteiger partial charge on any atom is 0.307 e. The molecule has 4 aromatic rings. The number of esters is 1. The molecular weight excluding hydrogens is 432 g/mol. The molecule has 0 amide bonds. The van der Waals surface area contributed by atoms with Gasteiger partial charge in [-0.15, -0.1) is 17.3 Å². The van der Waals surface area contributed by atoms with Gasteiger partial charge in [-0.2, -0.15) is 5.10 Å². The van der Waals surface area contributed by atoms with E-state index in [0.717, 1.165) is 22.6 Å². The fourth-order valence-electron chi connectivity index (χ4n) is 3.78. The Morgan fingerprint density at radius 2 is 2.00 bits per heavy atom. The Bertz CT molecular complexity index is 1310. The summed E-state index contributed by atoms with van der Waals surface area (Å²) in [6.07, 6.45) is 2.06. The Hall–Kier alpha value is -3.56. The van der Waals surface area contributed by atoms with Gasteiger partial charge in [0, 0.05) is 34.3 Å². The normalized spacial score (nSPS) is 11.6. The van der Waals surface area contributed by atoms with Crippen molar-refractivity contribution in [2.75, 3.05) is 6.61 Å². The van der Waals surface area contributed by atoms with Crippen molar-refractivity contribution in [2.24, 2.45) is 7.05 Å². The van der Waals surface area contributed by atoms with Gasteiger partial charge in [-0.1, -0.05) is 24.1 Å². The molecule has 0 aliphatic rings. The highest BCUT2D eigenvalue weighted by molar-refractivity contribution is 7.17. The standard InChI is InChI=1S/C27H26N2O3S/c1-4-6-21(16-27(30)31-5-2)20-8-10-22(11-9-20)32-17-19-7-12-26-23(15-19)24(18-33-26)25-13-14-28-29(25)3/h7-15,18,21H,5,16-17H2,1-3H3/t21-/m0/s1. The van der Waals surface area contributed by atoms with Gasteiger partial charge in [0.2, 0.25) is 0 Å². The number of benzene rings is 2. The molecule has 0 aliphatic carbocycles. The van der Waals surface area contributed by atoms with E-state index >= 15 is 0 Å². The Morgan fingerprint density at radius 1 is 1.18 bits per heavy atom. The Kier molecular flexibility index (Phi) is 7.11. The minimum Gasteiger partial charge on any atom is -0.489 e. The fourth-order valence-corrected chi connectivity index (χ4v) is 4.71. The quantitative estimate of drug-likeness (QED) is 0.242. The average molecular weight is 459 g/mol. The van der Waals surface area contributed by atoms with Gasteiger partial charge in [-0.05, 0) is 55.3 Å². The van der Waals surface area contributed by atoms with Crippen LogP contribution < -0.4 is 4.74 Å². The van der Waals surface area contributed by atoms with Gasteiger partial charge in [-0.3, -0.25) is 9.48 Å². The first-order valence-corrected chi connectivity index (χ1v) is 11.8. The zero-order chi connectivity index (χ0) is 23.2. The fraction of sp³-hybridized carbons (Fsp3) is 0.259. The molecule has 1 atom stereocenters. The summed E-state index contributed by atoms with van der Waals surface area (Å²) in [5, 5.41) is 7.68. The molecule has 2 aromatic carbocycles. The largest absolute Gasteiger partial charge is 0.489 e. The minimum atomic E-state index is -0.236. The lowest BCUT2D eigenvalue weighted by molar-refractivity contribution is -0.143. The lowest BCUT2D eigenvalue weighted by Crippen LogP contribution is -2.09. The molecule has 5 nitrogen and oxygen atoms in total. The minimum absolute atomic E-state index is 0.186. The predicted molar refractivity (Wildman–Crippen MR) is 132 cm³/mol. The van der Waals surface area contributed by atoms with E-state index in [0.29, 0.717) is 13.2 Å². The number of fused-ring (bicyclic) bond motifs is 1. The van der Waals surface area contributed by atoms with Crippen LogP contribution in [0.15, 0.2) is 60.1 Å². The molecule has 2 heterocycles. The second-order valence-corrected chi connectivity index (χ2v) is 8.54. The van der Waals surface area contributed by atoms with E-state index in [9.17, 15) is 4.79 Å². The van der Waals surface area contributed by atoms with Gasteiger partial charge in [-0.25, -0.2) is 0 Å². The van der Waals surface area contributed by atoms with Gasteiger partial charge in [0.05, 0.1) is 24.6 Å². The molecule has 168 valence electrons. The van der Waals surface area contributed by atoms with Gasteiger partial charge in [0.15, 0.2) is 0 Å². The van der Waals surface area contributed by atoms with E-state index in [1.165, 1.54) is 15.6 Å². The van der Waals surface area contributed by atoms with Crippen LogP contribution in [0.4, 0.5) is 0 Å². The topological polar surface area (TPSA) is 53.4 Å². The van der Waals surface area contributed by atoms with E-state index in [1.807, 2.05) is 48.3 Å². The van der Waals surface area contributed by atoms with Gasteiger partial charge < -0.3 is 9.47 Å². The third-order valence-electron chi connectivity index (χ3n) is 5.42. The summed E-state index contributed by atoms with van der Waals surface area (Å²) < 4.78 is 14.3. The highest BCUT2D eigenvalue weighted by Crippen LogP contribution is 2.34. The molecule has 0 saturated carbocycles. The summed E-state index contributed by atoms with van der Waals surface area (Å²) in [5.74, 6) is 6.37. The Labute approximate surface area is 198 Å². The third kappa shape index (κ3) is 5.27. The van der Waals surface area contributed by atoms with Crippen LogP contribution in [0.1, 0.15) is 37.3 Å². The van der Waals surface area contributed by atoms with Crippen molar-refractivity contribution in [1.29, 1.82) is 0 Å². The summed E-state index contributed by atoms with van der Waals surface area (Å²) >= 11 is 1.73. The molecule has 6 heteroatoms. The van der Waals surface area contributed by atoms with Crippen LogP contribution in [0, 0.1) is 11.8 Å². The molecule has 0 bridgehead atoms. The first-order valence-electron chi connectivity index (χ1n) is 10.9. The molecule has 33 heavy (non-hydrogen) atoms. The number of rotatable bonds is 8. The van der Waals surface area contributed by atoms with Crippen LogP contribution in [0.25, 0.3) is 21.3 Å². The average Bonchev–Trinajstić information content (AvgIpc) is 3.43. The maximum atomic E-state index is 11.9. The molecule has 0 N–H and O–H groups in total. The smallest absolute Gasteiger partial charge is 0.307 e.